The van der Waals surface area contributed by atoms with E-state index in [1.165, 1.54) is 6.42 Å². The van der Waals surface area contributed by atoms with Gasteiger partial charge in [0.1, 0.15) is 0 Å². The summed E-state index contributed by atoms with van der Waals surface area (Å²) in [6.45, 7) is 11.4. The molecule has 0 saturated heterocycles. The predicted octanol–water partition coefficient (Wildman–Crippen LogP) is 2.05. The Morgan fingerprint density at radius 3 is 2.42 bits per heavy atom. The number of hydrogen-bond acceptors (Lipinski definition) is 2. The van der Waals surface area contributed by atoms with Gasteiger partial charge in [0.05, 0.1) is 6.61 Å². The molecule has 0 aliphatic rings. The van der Waals surface area contributed by atoms with Gasteiger partial charge in [0.25, 0.3) is 0 Å². The van der Waals surface area contributed by atoms with Gasteiger partial charge in [-0.05, 0) is 19.8 Å². The van der Waals surface area contributed by atoms with E-state index in [0.29, 0.717) is 6.04 Å². The Labute approximate surface area is 76.7 Å². The van der Waals surface area contributed by atoms with Crippen LogP contribution >= 0.6 is 0 Å². The predicted molar refractivity (Wildman–Crippen MR) is 53.4 cm³/mol. The van der Waals surface area contributed by atoms with Gasteiger partial charge in [-0.25, -0.2) is 0 Å². The molecule has 2 nitrogen and oxygen atoms in total. The van der Waals surface area contributed by atoms with Crippen LogP contribution in [0.25, 0.3) is 0 Å². The molecule has 0 aromatic heterocycles. The SMILES string of the molecule is CCOCCNC(C)C(C)CC. The van der Waals surface area contributed by atoms with Crippen molar-refractivity contribution < 1.29 is 4.74 Å². The molecule has 0 rings (SSSR count). The van der Waals surface area contributed by atoms with Gasteiger partial charge in [0.15, 0.2) is 0 Å². The molecule has 74 valence electrons. The zero-order valence-electron chi connectivity index (χ0n) is 8.89. The molecule has 2 heteroatoms. The van der Waals surface area contributed by atoms with Crippen LogP contribution in [0.1, 0.15) is 34.1 Å². The zero-order chi connectivity index (χ0) is 9.40. The molecule has 1 N–H and O–H groups in total. The summed E-state index contributed by atoms with van der Waals surface area (Å²) >= 11 is 0. The van der Waals surface area contributed by atoms with E-state index in [9.17, 15) is 0 Å². The average molecular weight is 173 g/mol. The second-order valence-corrected chi connectivity index (χ2v) is 3.33. The van der Waals surface area contributed by atoms with Gasteiger partial charge in [0.2, 0.25) is 0 Å². The van der Waals surface area contributed by atoms with Crippen molar-refractivity contribution in [3.8, 4) is 0 Å². The lowest BCUT2D eigenvalue weighted by atomic mass is 10.0. The summed E-state index contributed by atoms with van der Waals surface area (Å²) < 4.78 is 5.23. The first-order chi connectivity index (χ1) is 5.72. The molecule has 12 heavy (non-hydrogen) atoms. The standard InChI is InChI=1S/C10H23NO/c1-5-9(3)10(4)11-7-8-12-6-2/h9-11H,5-8H2,1-4H3. The molecule has 0 amide bonds. The van der Waals surface area contributed by atoms with Crippen molar-refractivity contribution in [1.82, 2.24) is 5.32 Å². The molecular weight excluding hydrogens is 150 g/mol. The molecule has 0 aliphatic heterocycles. The van der Waals surface area contributed by atoms with Gasteiger partial charge < -0.3 is 10.1 Å². The Morgan fingerprint density at radius 1 is 1.25 bits per heavy atom. The van der Waals surface area contributed by atoms with Crippen molar-refractivity contribution in [1.29, 1.82) is 0 Å². The first-order valence-electron chi connectivity index (χ1n) is 5.03. The fraction of sp³-hybridized carbons (Fsp3) is 1.00. The van der Waals surface area contributed by atoms with E-state index in [1.54, 1.807) is 0 Å². The third-order valence-electron chi connectivity index (χ3n) is 2.41. The molecule has 0 bridgehead atoms. The lowest BCUT2D eigenvalue weighted by Gasteiger charge is -2.19. The maximum absolute atomic E-state index is 5.23. The van der Waals surface area contributed by atoms with Crippen molar-refractivity contribution >= 4 is 0 Å². The summed E-state index contributed by atoms with van der Waals surface area (Å²) in [7, 11) is 0. The average Bonchev–Trinajstić information content (AvgIpc) is 2.10. The number of hydrogen-bond donors (Lipinski definition) is 1. The smallest absolute Gasteiger partial charge is 0.0590 e. The minimum absolute atomic E-state index is 0.607. The van der Waals surface area contributed by atoms with Gasteiger partial charge in [0, 0.05) is 19.2 Å². The highest BCUT2D eigenvalue weighted by molar-refractivity contribution is 4.66. The quantitative estimate of drug-likeness (QED) is 0.595. The van der Waals surface area contributed by atoms with Crippen molar-refractivity contribution in [2.24, 2.45) is 5.92 Å². The summed E-state index contributed by atoms with van der Waals surface area (Å²) in [6.07, 6.45) is 1.24. The molecule has 0 aliphatic carbocycles. The van der Waals surface area contributed by atoms with Crippen molar-refractivity contribution in [3.05, 3.63) is 0 Å². The molecule has 0 saturated carbocycles. The van der Waals surface area contributed by atoms with E-state index in [0.717, 1.165) is 25.7 Å². The fourth-order valence-corrected chi connectivity index (χ4v) is 1.06. The van der Waals surface area contributed by atoms with E-state index in [1.807, 2.05) is 6.92 Å². The van der Waals surface area contributed by atoms with Crippen molar-refractivity contribution in [2.75, 3.05) is 19.8 Å². The highest BCUT2D eigenvalue weighted by Gasteiger charge is 2.07. The number of rotatable bonds is 7. The van der Waals surface area contributed by atoms with E-state index in [-0.39, 0.29) is 0 Å². The van der Waals surface area contributed by atoms with Crippen LogP contribution in [0.15, 0.2) is 0 Å². The largest absolute Gasteiger partial charge is 0.380 e. The van der Waals surface area contributed by atoms with E-state index >= 15 is 0 Å². The van der Waals surface area contributed by atoms with Crippen LogP contribution in [0.4, 0.5) is 0 Å². The topological polar surface area (TPSA) is 21.3 Å². The molecule has 0 radical (unpaired) electrons. The summed E-state index contributed by atoms with van der Waals surface area (Å²) in [4.78, 5) is 0. The second-order valence-electron chi connectivity index (χ2n) is 3.33. The zero-order valence-corrected chi connectivity index (χ0v) is 8.89. The monoisotopic (exact) mass is 173 g/mol. The summed E-state index contributed by atoms with van der Waals surface area (Å²) in [5, 5.41) is 3.44. The minimum atomic E-state index is 0.607. The molecule has 0 spiro atoms. The van der Waals surface area contributed by atoms with Gasteiger partial charge in [-0.1, -0.05) is 20.3 Å². The first kappa shape index (κ1) is 11.9. The van der Waals surface area contributed by atoms with Crippen LogP contribution in [0.2, 0.25) is 0 Å². The molecular formula is C10H23NO. The Morgan fingerprint density at radius 2 is 1.92 bits per heavy atom. The van der Waals surface area contributed by atoms with Crippen molar-refractivity contribution in [2.45, 2.75) is 40.2 Å². The van der Waals surface area contributed by atoms with Crippen LogP contribution < -0.4 is 5.32 Å². The first-order valence-corrected chi connectivity index (χ1v) is 5.03. The Hall–Kier alpha value is -0.0800. The van der Waals surface area contributed by atoms with E-state index < -0.39 is 0 Å². The molecule has 0 fully saturated rings. The number of nitrogens with one attached hydrogen (secondary N) is 1. The molecule has 0 aromatic carbocycles. The summed E-state index contributed by atoms with van der Waals surface area (Å²) in [6, 6.07) is 0.607. The minimum Gasteiger partial charge on any atom is -0.380 e. The van der Waals surface area contributed by atoms with Gasteiger partial charge in [-0.3, -0.25) is 0 Å². The van der Waals surface area contributed by atoms with E-state index in [2.05, 4.69) is 26.1 Å². The van der Waals surface area contributed by atoms with E-state index in [4.69, 9.17) is 4.74 Å². The van der Waals surface area contributed by atoms with Crippen molar-refractivity contribution in [3.63, 3.8) is 0 Å². The lowest BCUT2D eigenvalue weighted by molar-refractivity contribution is 0.145. The third-order valence-corrected chi connectivity index (χ3v) is 2.41. The van der Waals surface area contributed by atoms with Gasteiger partial charge >= 0.3 is 0 Å². The van der Waals surface area contributed by atoms with Crippen LogP contribution in [0, 0.1) is 5.92 Å². The van der Waals surface area contributed by atoms with Crippen LogP contribution in [0.5, 0.6) is 0 Å². The Kier molecular flexibility index (Phi) is 7.51. The van der Waals surface area contributed by atoms with Crippen LogP contribution in [-0.4, -0.2) is 25.8 Å². The summed E-state index contributed by atoms with van der Waals surface area (Å²) in [5.41, 5.74) is 0. The fourth-order valence-electron chi connectivity index (χ4n) is 1.06. The maximum atomic E-state index is 5.23. The second kappa shape index (κ2) is 7.56. The Balaban J connectivity index is 3.24. The maximum Gasteiger partial charge on any atom is 0.0590 e. The third kappa shape index (κ3) is 5.56. The van der Waals surface area contributed by atoms with Crippen LogP contribution in [0.3, 0.4) is 0 Å². The lowest BCUT2D eigenvalue weighted by Crippen LogP contribution is -2.34. The summed E-state index contributed by atoms with van der Waals surface area (Å²) in [5.74, 6) is 0.756. The molecule has 2 unspecified atom stereocenters. The molecule has 0 heterocycles. The Bertz CT molecular complexity index is 95.8. The number of ether oxygens (including phenoxy) is 1. The molecule has 2 atom stereocenters. The van der Waals surface area contributed by atoms with Crippen LogP contribution in [-0.2, 0) is 4.74 Å². The molecule has 0 aromatic rings. The normalized spacial score (nSPS) is 16.0. The van der Waals surface area contributed by atoms with Gasteiger partial charge in [-0.15, -0.1) is 0 Å². The van der Waals surface area contributed by atoms with Gasteiger partial charge in [-0.2, -0.15) is 0 Å². The highest BCUT2D eigenvalue weighted by Crippen LogP contribution is 2.05. The highest BCUT2D eigenvalue weighted by atomic mass is 16.5.